The number of Topliss-reactive ketones (excluding diaryl/α,β-unsaturated/α-hetero) is 2. The summed E-state index contributed by atoms with van der Waals surface area (Å²) in [7, 11) is 0. The van der Waals surface area contributed by atoms with Gasteiger partial charge in [-0.15, -0.1) is 0 Å². The number of benzene rings is 2. The minimum Gasteiger partial charge on any atom is -0.294 e. The van der Waals surface area contributed by atoms with E-state index in [1.165, 1.54) is 26.0 Å². The monoisotopic (exact) mass is 556 g/mol. The van der Waals surface area contributed by atoms with Crippen molar-refractivity contribution in [2.75, 3.05) is 0 Å². The summed E-state index contributed by atoms with van der Waals surface area (Å²) in [5, 5.41) is 0. The van der Waals surface area contributed by atoms with Gasteiger partial charge < -0.3 is 0 Å². The highest BCUT2D eigenvalue weighted by atomic mass is 127. The van der Waals surface area contributed by atoms with Crippen LogP contribution in [0.15, 0.2) is 24.3 Å². The van der Waals surface area contributed by atoms with Crippen LogP contribution in [0, 0.1) is 32.6 Å². The average Bonchev–Trinajstić information content (AvgIpc) is 2.35. The van der Waals surface area contributed by atoms with Crippen molar-refractivity contribution in [3.8, 4) is 0 Å². The van der Waals surface area contributed by atoms with Crippen LogP contribution in [0.2, 0.25) is 0 Å². The topological polar surface area (TPSA) is 34.1 Å². The first-order valence-electron chi connectivity index (χ1n) is 6.97. The predicted molar refractivity (Wildman–Crippen MR) is 108 cm³/mol. The first-order valence-corrected chi connectivity index (χ1v) is 9.13. The highest BCUT2D eigenvalue weighted by Crippen LogP contribution is 2.18. The van der Waals surface area contributed by atoms with Gasteiger partial charge in [0.15, 0.2) is 11.6 Å². The number of rotatable bonds is 2. The van der Waals surface area contributed by atoms with E-state index < -0.39 is 11.6 Å². The molecule has 0 aromatic heterocycles. The van der Waals surface area contributed by atoms with E-state index in [0.717, 1.165) is 7.14 Å². The van der Waals surface area contributed by atoms with Crippen molar-refractivity contribution in [1.29, 1.82) is 0 Å². The molecule has 0 unspecified atom stereocenters. The second-order valence-corrected chi connectivity index (χ2v) is 7.76. The second kappa shape index (κ2) is 8.98. The fourth-order valence-electron chi connectivity index (χ4n) is 2.30. The lowest BCUT2D eigenvalue weighted by molar-refractivity contribution is 0.1000. The van der Waals surface area contributed by atoms with Gasteiger partial charge in [-0.05, 0) is 108 Å². The summed E-state index contributed by atoms with van der Waals surface area (Å²) in [6.07, 6.45) is 0. The summed E-state index contributed by atoms with van der Waals surface area (Å²) in [5.74, 6) is -1.29. The van der Waals surface area contributed by atoms with E-state index in [9.17, 15) is 18.4 Å². The van der Waals surface area contributed by atoms with Gasteiger partial charge in [-0.2, -0.15) is 0 Å². The van der Waals surface area contributed by atoms with Crippen molar-refractivity contribution in [3.63, 3.8) is 0 Å². The van der Waals surface area contributed by atoms with Crippen LogP contribution in [0.25, 0.3) is 0 Å². The Morgan fingerprint density at radius 3 is 1.25 bits per heavy atom. The Hall–Kier alpha value is -0.900. The van der Waals surface area contributed by atoms with Gasteiger partial charge in [0.1, 0.15) is 11.6 Å². The highest BCUT2D eigenvalue weighted by molar-refractivity contribution is 14.1. The van der Waals surface area contributed by atoms with Crippen LogP contribution in [0.3, 0.4) is 0 Å². The molecular formula is C18H16F2I2O2. The van der Waals surface area contributed by atoms with Gasteiger partial charge in [-0.3, -0.25) is 9.59 Å². The molecule has 0 bridgehead atoms. The summed E-state index contributed by atoms with van der Waals surface area (Å²) in [5.41, 5.74) is 1.81. The maximum absolute atomic E-state index is 13.1. The molecule has 2 aromatic rings. The van der Waals surface area contributed by atoms with Gasteiger partial charge >= 0.3 is 0 Å². The first kappa shape index (κ1) is 21.1. The molecule has 0 fully saturated rings. The van der Waals surface area contributed by atoms with E-state index in [4.69, 9.17) is 0 Å². The average molecular weight is 556 g/mol. The Morgan fingerprint density at radius 1 is 0.750 bits per heavy atom. The van der Waals surface area contributed by atoms with Crippen LogP contribution in [0.1, 0.15) is 45.7 Å². The van der Waals surface area contributed by atoms with Crippen molar-refractivity contribution in [1.82, 2.24) is 0 Å². The van der Waals surface area contributed by atoms with Crippen molar-refractivity contribution in [3.05, 3.63) is 65.3 Å². The summed E-state index contributed by atoms with van der Waals surface area (Å²) < 4.78 is 27.9. The van der Waals surface area contributed by atoms with Crippen LogP contribution in [-0.4, -0.2) is 11.6 Å². The molecule has 0 saturated carbocycles. The Balaban J connectivity index is 0.000000240. The fraction of sp³-hybridized carbons (Fsp3) is 0.222. The van der Waals surface area contributed by atoms with E-state index in [2.05, 4.69) is 0 Å². The number of aryl methyl sites for hydroxylation is 2. The van der Waals surface area contributed by atoms with E-state index in [0.29, 0.717) is 11.1 Å². The molecule has 0 N–H and O–H groups in total. The van der Waals surface area contributed by atoms with E-state index in [-0.39, 0.29) is 22.7 Å². The normalized spacial score (nSPS) is 10.0. The maximum Gasteiger partial charge on any atom is 0.163 e. The summed E-state index contributed by atoms with van der Waals surface area (Å²) in [4.78, 5) is 21.9. The lowest BCUT2D eigenvalue weighted by Gasteiger charge is -2.03. The van der Waals surface area contributed by atoms with Gasteiger partial charge in [-0.1, -0.05) is 0 Å². The van der Waals surface area contributed by atoms with E-state index >= 15 is 0 Å². The van der Waals surface area contributed by atoms with Crippen molar-refractivity contribution >= 4 is 56.7 Å². The third-order valence-corrected chi connectivity index (χ3v) is 4.45. The van der Waals surface area contributed by atoms with Crippen molar-refractivity contribution in [2.45, 2.75) is 27.7 Å². The molecule has 2 nitrogen and oxygen atoms in total. The largest absolute Gasteiger partial charge is 0.294 e. The molecule has 2 aromatic carbocycles. The molecule has 0 heterocycles. The molecule has 6 heteroatoms. The van der Waals surface area contributed by atoms with Crippen LogP contribution in [-0.2, 0) is 0 Å². The first-order chi connectivity index (χ1) is 11.0. The zero-order valence-corrected chi connectivity index (χ0v) is 18.0. The van der Waals surface area contributed by atoms with Crippen molar-refractivity contribution in [2.24, 2.45) is 0 Å². The number of carbonyl (C=O) groups is 2. The third-order valence-electron chi connectivity index (χ3n) is 3.21. The number of hydrogen-bond donors (Lipinski definition) is 0. The van der Waals surface area contributed by atoms with Crippen molar-refractivity contribution < 1.29 is 18.4 Å². The summed E-state index contributed by atoms with van der Waals surface area (Å²) in [6, 6.07) is 6.31. The Labute approximate surface area is 167 Å². The third kappa shape index (κ3) is 5.58. The molecule has 0 amide bonds. The Kier molecular flexibility index (Phi) is 7.91. The SMILES string of the molecule is CC(=O)c1c(C)cc(I)cc1F.CC(=O)c1c(C)cc(I)cc1F. The molecule has 0 saturated heterocycles. The summed E-state index contributed by atoms with van der Waals surface area (Å²) >= 11 is 4.04. The lowest BCUT2D eigenvalue weighted by atomic mass is 10.1. The minimum absolute atomic E-state index is 0.204. The zero-order chi connectivity index (χ0) is 18.6. The number of hydrogen-bond acceptors (Lipinski definition) is 2. The van der Waals surface area contributed by atoms with Gasteiger partial charge in [0.05, 0.1) is 11.1 Å². The smallest absolute Gasteiger partial charge is 0.163 e. The molecule has 128 valence electrons. The zero-order valence-electron chi connectivity index (χ0n) is 13.6. The van der Waals surface area contributed by atoms with Crippen LogP contribution >= 0.6 is 45.2 Å². The Morgan fingerprint density at radius 2 is 1.04 bits per heavy atom. The molecule has 0 radical (unpaired) electrons. The quantitative estimate of drug-likeness (QED) is 0.342. The molecule has 0 aliphatic heterocycles. The van der Waals surface area contributed by atoms with Gasteiger partial charge in [-0.25, -0.2) is 8.78 Å². The fourth-order valence-corrected chi connectivity index (χ4v) is 3.78. The highest BCUT2D eigenvalue weighted by Gasteiger charge is 2.11. The molecule has 0 spiro atoms. The molecule has 0 aliphatic rings. The number of carbonyl (C=O) groups excluding carboxylic acids is 2. The Bertz CT molecular complexity index is 688. The van der Waals surface area contributed by atoms with Crippen LogP contribution in [0.5, 0.6) is 0 Å². The van der Waals surface area contributed by atoms with Gasteiger partial charge in [0.2, 0.25) is 0 Å². The number of halogens is 4. The molecule has 2 rings (SSSR count). The standard InChI is InChI=1S/2C9H8FIO/c2*1-5-3-7(11)4-8(10)9(5)6(2)12/h2*3-4H,1-2H3. The minimum atomic E-state index is -0.424. The van der Waals surface area contributed by atoms with E-state index in [1.54, 1.807) is 26.0 Å². The van der Waals surface area contributed by atoms with Crippen LogP contribution < -0.4 is 0 Å². The number of ketones is 2. The van der Waals surface area contributed by atoms with Gasteiger partial charge in [0.25, 0.3) is 0 Å². The predicted octanol–water partition coefficient (Wildman–Crippen LogP) is 5.88. The van der Waals surface area contributed by atoms with E-state index in [1.807, 2.05) is 45.2 Å². The second-order valence-electron chi connectivity index (χ2n) is 5.27. The molecule has 24 heavy (non-hydrogen) atoms. The molecule has 0 atom stereocenters. The summed E-state index contributed by atoms with van der Waals surface area (Å²) in [6.45, 7) is 6.22. The lowest BCUT2D eigenvalue weighted by Crippen LogP contribution is -2.01. The maximum atomic E-state index is 13.1. The van der Waals surface area contributed by atoms with Crippen LogP contribution in [0.4, 0.5) is 8.78 Å². The molecular weight excluding hydrogens is 540 g/mol. The molecule has 0 aliphatic carbocycles. The van der Waals surface area contributed by atoms with Gasteiger partial charge in [0, 0.05) is 7.14 Å².